The monoisotopic (exact) mass is 374 g/mol. The molecule has 0 fully saturated rings. The van der Waals surface area contributed by atoms with E-state index < -0.39 is 5.78 Å². The molecule has 5 nitrogen and oxygen atoms in total. The molecular formula is C23H18O5. The van der Waals surface area contributed by atoms with Crippen LogP contribution in [0.4, 0.5) is 0 Å². The molecule has 3 aromatic rings. The Kier molecular flexibility index (Phi) is 4.28. The van der Waals surface area contributed by atoms with Crippen LogP contribution in [0.15, 0.2) is 60.4 Å². The van der Waals surface area contributed by atoms with E-state index >= 15 is 0 Å². The minimum atomic E-state index is -0.497. The van der Waals surface area contributed by atoms with E-state index in [1.165, 1.54) is 18.2 Å². The first kappa shape index (κ1) is 17.7. The van der Waals surface area contributed by atoms with E-state index in [2.05, 4.69) is 0 Å². The van der Waals surface area contributed by atoms with Gasteiger partial charge in [-0.15, -0.1) is 0 Å². The van der Waals surface area contributed by atoms with Crippen LogP contribution in [0, 0.1) is 6.92 Å². The number of hydrogen-bond acceptors (Lipinski definition) is 5. The molecule has 0 radical (unpaired) electrons. The van der Waals surface area contributed by atoms with E-state index in [9.17, 15) is 20.1 Å². The van der Waals surface area contributed by atoms with Gasteiger partial charge in [-0.1, -0.05) is 42.0 Å². The fourth-order valence-corrected chi connectivity index (χ4v) is 3.26. The van der Waals surface area contributed by atoms with E-state index in [1.54, 1.807) is 12.1 Å². The van der Waals surface area contributed by atoms with Gasteiger partial charge >= 0.3 is 0 Å². The summed E-state index contributed by atoms with van der Waals surface area (Å²) in [5, 5.41) is 31.0. The van der Waals surface area contributed by atoms with Gasteiger partial charge in [0.15, 0.2) is 5.76 Å². The summed E-state index contributed by atoms with van der Waals surface area (Å²) >= 11 is 0. The van der Waals surface area contributed by atoms with Crippen molar-refractivity contribution in [3.63, 3.8) is 0 Å². The van der Waals surface area contributed by atoms with Gasteiger partial charge in [0.2, 0.25) is 5.78 Å². The largest absolute Gasteiger partial charge is 0.507 e. The predicted octanol–water partition coefficient (Wildman–Crippen LogP) is 4.32. The van der Waals surface area contributed by atoms with Gasteiger partial charge in [-0.3, -0.25) is 4.79 Å². The third-order valence-electron chi connectivity index (χ3n) is 4.71. The van der Waals surface area contributed by atoms with Gasteiger partial charge < -0.3 is 20.1 Å². The maximum absolute atomic E-state index is 12.8. The molecule has 0 atom stereocenters. The number of phenolic OH excluding ortho intramolecular Hbond substituents is 3. The molecule has 3 aromatic carbocycles. The first-order valence-electron chi connectivity index (χ1n) is 8.79. The Balaban J connectivity index is 1.74. The van der Waals surface area contributed by atoms with Crippen molar-refractivity contribution in [1.29, 1.82) is 0 Å². The Morgan fingerprint density at radius 2 is 1.71 bits per heavy atom. The zero-order chi connectivity index (χ0) is 19.8. The minimum absolute atomic E-state index is 0.0159. The first-order valence-corrected chi connectivity index (χ1v) is 8.79. The number of allylic oxidation sites excluding steroid dienone is 1. The molecule has 4 rings (SSSR count). The van der Waals surface area contributed by atoms with Gasteiger partial charge in [-0.05, 0) is 30.7 Å². The lowest BCUT2D eigenvalue weighted by atomic mass is 9.98. The summed E-state index contributed by atoms with van der Waals surface area (Å²) in [5.74, 6) is -0.851. The molecular weight excluding hydrogens is 356 g/mol. The zero-order valence-electron chi connectivity index (χ0n) is 15.1. The summed E-state index contributed by atoms with van der Waals surface area (Å²) in [5.41, 5.74) is 2.52. The second kappa shape index (κ2) is 6.78. The normalized spacial score (nSPS) is 14.2. The number of ether oxygens (including phenoxy) is 1. The molecule has 0 spiro atoms. The first-order chi connectivity index (χ1) is 13.4. The number of benzene rings is 3. The smallest absolute Gasteiger partial charge is 0.235 e. The van der Waals surface area contributed by atoms with Crippen LogP contribution in [0.5, 0.6) is 23.0 Å². The maximum Gasteiger partial charge on any atom is 0.235 e. The number of carbonyl (C=O) groups excluding carboxylic acids is 1. The number of carbonyl (C=O) groups is 1. The molecule has 0 saturated carbocycles. The van der Waals surface area contributed by atoms with Crippen LogP contribution in [0.25, 0.3) is 6.08 Å². The van der Waals surface area contributed by atoms with Crippen LogP contribution < -0.4 is 4.74 Å². The highest BCUT2D eigenvalue weighted by atomic mass is 16.5. The highest BCUT2D eigenvalue weighted by Gasteiger charge is 2.33. The standard InChI is InChI=1S/C23H18O5/c1-13-7-8-17(24)15(9-13)11-20-23(27)21-19(28-20)12-18(25)16(22(21)26)10-14-5-3-2-4-6-14/h2-9,11-12,24-26H,10H2,1H3/b20-11-. The molecule has 0 bridgehead atoms. The summed E-state index contributed by atoms with van der Waals surface area (Å²) < 4.78 is 5.57. The molecule has 1 heterocycles. The molecule has 0 saturated heterocycles. The number of fused-ring (bicyclic) bond motifs is 1. The molecule has 0 aliphatic carbocycles. The number of aromatic hydroxyl groups is 3. The van der Waals surface area contributed by atoms with Crippen molar-refractivity contribution in [2.75, 3.05) is 0 Å². The van der Waals surface area contributed by atoms with Crippen LogP contribution in [-0.4, -0.2) is 21.1 Å². The van der Waals surface area contributed by atoms with Gasteiger partial charge in [-0.2, -0.15) is 0 Å². The fourth-order valence-electron chi connectivity index (χ4n) is 3.26. The number of ketones is 1. The van der Waals surface area contributed by atoms with Gasteiger partial charge in [0.1, 0.15) is 28.6 Å². The lowest BCUT2D eigenvalue weighted by Gasteiger charge is -2.10. The van der Waals surface area contributed by atoms with Gasteiger partial charge in [0.25, 0.3) is 0 Å². The van der Waals surface area contributed by atoms with Crippen molar-refractivity contribution in [1.82, 2.24) is 0 Å². The molecule has 0 aromatic heterocycles. The van der Waals surface area contributed by atoms with Crippen molar-refractivity contribution in [2.24, 2.45) is 0 Å². The number of rotatable bonds is 3. The number of phenols is 3. The Hall–Kier alpha value is -3.73. The van der Waals surface area contributed by atoms with Crippen LogP contribution in [0.3, 0.4) is 0 Å². The van der Waals surface area contributed by atoms with Crippen LogP contribution in [0.1, 0.15) is 32.6 Å². The van der Waals surface area contributed by atoms with Gasteiger partial charge in [-0.25, -0.2) is 0 Å². The van der Waals surface area contributed by atoms with Crippen LogP contribution in [-0.2, 0) is 6.42 Å². The van der Waals surface area contributed by atoms with E-state index in [4.69, 9.17) is 4.74 Å². The summed E-state index contributed by atoms with van der Waals surface area (Å²) in [7, 11) is 0. The highest BCUT2D eigenvalue weighted by molar-refractivity contribution is 6.16. The van der Waals surface area contributed by atoms with Crippen molar-refractivity contribution in [2.45, 2.75) is 13.3 Å². The van der Waals surface area contributed by atoms with E-state index in [0.29, 0.717) is 5.56 Å². The predicted molar refractivity (Wildman–Crippen MR) is 105 cm³/mol. The molecule has 1 aliphatic rings. The third-order valence-corrected chi connectivity index (χ3v) is 4.71. The average Bonchev–Trinajstić information content (AvgIpc) is 2.98. The Bertz CT molecular complexity index is 1110. The van der Waals surface area contributed by atoms with Gasteiger partial charge in [0, 0.05) is 23.6 Å². The second-order valence-electron chi connectivity index (χ2n) is 6.76. The number of hydrogen-bond donors (Lipinski definition) is 3. The summed E-state index contributed by atoms with van der Waals surface area (Å²) in [4.78, 5) is 12.8. The van der Waals surface area contributed by atoms with Crippen LogP contribution >= 0.6 is 0 Å². The van der Waals surface area contributed by atoms with Crippen molar-refractivity contribution < 1.29 is 24.9 Å². The molecule has 140 valence electrons. The van der Waals surface area contributed by atoms with E-state index in [0.717, 1.165) is 11.1 Å². The van der Waals surface area contributed by atoms with Crippen molar-refractivity contribution >= 4 is 11.9 Å². The lowest BCUT2D eigenvalue weighted by molar-refractivity contribution is 0.101. The van der Waals surface area contributed by atoms with Gasteiger partial charge in [0.05, 0.1) is 0 Å². The molecule has 0 unspecified atom stereocenters. The SMILES string of the molecule is Cc1ccc(O)c(/C=C2\Oc3cc(O)c(Cc4ccccc4)c(O)c3C2=O)c1. The second-order valence-corrected chi connectivity index (χ2v) is 6.76. The van der Waals surface area contributed by atoms with Crippen molar-refractivity contribution in [3.8, 4) is 23.0 Å². The lowest BCUT2D eigenvalue weighted by Crippen LogP contribution is -2.00. The molecule has 1 aliphatic heterocycles. The summed E-state index contributed by atoms with van der Waals surface area (Å²) in [6.07, 6.45) is 1.70. The topological polar surface area (TPSA) is 87.0 Å². The zero-order valence-corrected chi connectivity index (χ0v) is 15.1. The van der Waals surface area contributed by atoms with Crippen molar-refractivity contribution in [3.05, 3.63) is 88.2 Å². The molecule has 0 amide bonds. The quantitative estimate of drug-likeness (QED) is 0.595. The number of aryl methyl sites for hydroxylation is 1. The minimum Gasteiger partial charge on any atom is -0.507 e. The Labute approximate surface area is 161 Å². The molecule has 28 heavy (non-hydrogen) atoms. The van der Waals surface area contributed by atoms with E-state index in [1.807, 2.05) is 37.3 Å². The highest BCUT2D eigenvalue weighted by Crippen LogP contribution is 2.45. The Morgan fingerprint density at radius 1 is 0.964 bits per heavy atom. The summed E-state index contributed by atoms with van der Waals surface area (Å²) in [6.45, 7) is 1.87. The number of Topliss-reactive ketones (excluding diaryl/α,β-unsaturated/α-hetero) is 1. The molecule has 3 N–H and O–H groups in total. The van der Waals surface area contributed by atoms with Crippen LogP contribution in [0.2, 0.25) is 0 Å². The Morgan fingerprint density at radius 3 is 2.46 bits per heavy atom. The summed E-state index contributed by atoms with van der Waals surface area (Å²) in [6, 6.07) is 15.7. The third kappa shape index (κ3) is 3.07. The maximum atomic E-state index is 12.8. The fraction of sp³-hybridized carbons (Fsp3) is 0.0870. The average molecular weight is 374 g/mol. The molecule has 5 heteroatoms. The van der Waals surface area contributed by atoms with E-state index in [-0.39, 0.29) is 46.3 Å².